The molecule has 0 unspecified atom stereocenters. The molecule has 0 heterocycles. The maximum Gasteiger partial charge on any atom is 0.501 e. The van der Waals surface area contributed by atoms with Gasteiger partial charge in [0.05, 0.1) is 0 Å². The molecule has 116 valence electrons. The molecule has 0 aromatic rings. The van der Waals surface area contributed by atoms with Gasteiger partial charge in [-0.25, -0.2) is 0 Å². The van der Waals surface area contributed by atoms with E-state index < -0.39 is 8.80 Å². The molecule has 0 fully saturated rings. The summed E-state index contributed by atoms with van der Waals surface area (Å²) < 4.78 is 18.3. The van der Waals surface area contributed by atoms with Crippen molar-refractivity contribution >= 4 is 24.7 Å². The zero-order valence-corrected chi connectivity index (χ0v) is 16.0. The Balaban J connectivity index is 4.65. The molecule has 0 amide bonds. The molecular formula is C14H31BrO3Si. The molecule has 0 aliphatic carbocycles. The van der Waals surface area contributed by atoms with Gasteiger partial charge in [0.1, 0.15) is 0 Å². The highest BCUT2D eigenvalue weighted by Gasteiger charge is 2.41. The molecule has 0 saturated heterocycles. The van der Waals surface area contributed by atoms with Gasteiger partial charge in [-0.3, -0.25) is 0 Å². The molecule has 0 aromatic heterocycles. The van der Waals surface area contributed by atoms with Gasteiger partial charge < -0.3 is 13.3 Å². The van der Waals surface area contributed by atoms with Crippen molar-refractivity contribution in [1.29, 1.82) is 0 Å². The molecule has 5 heteroatoms. The SMILES string of the molecule is CC(C)CO[Si](CCBr)(OCC(C)C)OCC(C)C. The van der Waals surface area contributed by atoms with E-state index in [1.165, 1.54) is 0 Å². The summed E-state index contributed by atoms with van der Waals surface area (Å²) in [5, 5.41) is 0.855. The monoisotopic (exact) mass is 354 g/mol. The second-order valence-electron chi connectivity index (χ2n) is 6.24. The fourth-order valence-electron chi connectivity index (χ4n) is 1.34. The van der Waals surface area contributed by atoms with Crippen LogP contribution in [-0.2, 0) is 13.3 Å². The van der Waals surface area contributed by atoms with Crippen LogP contribution in [0.3, 0.4) is 0 Å². The van der Waals surface area contributed by atoms with Gasteiger partial charge in [0.15, 0.2) is 0 Å². The van der Waals surface area contributed by atoms with E-state index in [4.69, 9.17) is 13.3 Å². The Labute approximate surface area is 128 Å². The summed E-state index contributed by atoms with van der Waals surface area (Å²) in [5.41, 5.74) is 0. The third-order valence-corrected chi connectivity index (χ3v) is 6.12. The van der Waals surface area contributed by atoms with Crippen LogP contribution in [-0.4, -0.2) is 34.0 Å². The first kappa shape index (κ1) is 19.6. The highest BCUT2D eigenvalue weighted by Crippen LogP contribution is 2.20. The Hall–Kier alpha value is 0.577. The summed E-state index contributed by atoms with van der Waals surface area (Å²) in [4.78, 5) is 0. The number of hydrogen-bond acceptors (Lipinski definition) is 3. The van der Waals surface area contributed by atoms with Crippen molar-refractivity contribution < 1.29 is 13.3 Å². The molecule has 0 saturated carbocycles. The predicted octanol–water partition coefficient (Wildman–Crippen LogP) is 4.34. The van der Waals surface area contributed by atoms with E-state index in [1.807, 2.05) is 0 Å². The first-order chi connectivity index (χ1) is 8.81. The maximum absolute atomic E-state index is 6.10. The first-order valence-electron chi connectivity index (χ1n) is 7.29. The van der Waals surface area contributed by atoms with Crippen LogP contribution in [0.15, 0.2) is 0 Å². The van der Waals surface area contributed by atoms with Crippen molar-refractivity contribution in [3.05, 3.63) is 0 Å². The van der Waals surface area contributed by atoms with Gasteiger partial charge >= 0.3 is 8.80 Å². The zero-order chi connectivity index (χ0) is 14.9. The standard InChI is InChI=1S/C14H31BrO3Si/c1-12(2)9-16-19(8-7-15,17-10-13(3)4)18-11-14(5)6/h12-14H,7-11H2,1-6H3. The average molecular weight is 355 g/mol. The zero-order valence-electron chi connectivity index (χ0n) is 13.4. The first-order valence-corrected chi connectivity index (χ1v) is 10.3. The van der Waals surface area contributed by atoms with Crippen LogP contribution in [0.4, 0.5) is 0 Å². The molecule has 0 radical (unpaired) electrons. The van der Waals surface area contributed by atoms with Crippen molar-refractivity contribution in [3.63, 3.8) is 0 Å². The van der Waals surface area contributed by atoms with E-state index in [0.29, 0.717) is 37.6 Å². The molecule has 19 heavy (non-hydrogen) atoms. The van der Waals surface area contributed by atoms with Crippen molar-refractivity contribution in [1.82, 2.24) is 0 Å². The van der Waals surface area contributed by atoms with Crippen molar-refractivity contribution in [2.75, 3.05) is 25.2 Å². The highest BCUT2D eigenvalue weighted by atomic mass is 79.9. The van der Waals surface area contributed by atoms with E-state index in [1.54, 1.807) is 0 Å². The molecule has 0 aliphatic rings. The van der Waals surface area contributed by atoms with Gasteiger partial charge in [0.25, 0.3) is 0 Å². The second-order valence-corrected chi connectivity index (χ2v) is 9.76. The molecule has 0 bridgehead atoms. The number of rotatable bonds is 11. The lowest BCUT2D eigenvalue weighted by Gasteiger charge is -2.31. The summed E-state index contributed by atoms with van der Waals surface area (Å²) >= 11 is 3.50. The van der Waals surface area contributed by atoms with Crippen molar-refractivity contribution in [2.45, 2.75) is 47.6 Å². The van der Waals surface area contributed by atoms with Gasteiger partial charge in [-0.05, 0) is 17.8 Å². The Kier molecular flexibility index (Phi) is 10.6. The quantitative estimate of drug-likeness (QED) is 0.408. The van der Waals surface area contributed by atoms with E-state index >= 15 is 0 Å². The Morgan fingerprint density at radius 2 is 1.05 bits per heavy atom. The highest BCUT2D eigenvalue weighted by molar-refractivity contribution is 9.09. The number of hydrogen-bond donors (Lipinski definition) is 0. The summed E-state index contributed by atoms with van der Waals surface area (Å²) in [6, 6.07) is 0.833. The lowest BCUT2D eigenvalue weighted by molar-refractivity contribution is 0.0381. The van der Waals surface area contributed by atoms with Crippen LogP contribution in [0.5, 0.6) is 0 Å². The Morgan fingerprint density at radius 1 is 0.737 bits per heavy atom. The molecule has 0 rings (SSSR count). The molecule has 0 atom stereocenters. The largest absolute Gasteiger partial charge is 0.501 e. The lowest BCUT2D eigenvalue weighted by atomic mass is 10.2. The average Bonchev–Trinajstić information content (AvgIpc) is 2.31. The topological polar surface area (TPSA) is 27.7 Å². The second kappa shape index (κ2) is 10.3. The molecule has 0 aromatic carbocycles. The van der Waals surface area contributed by atoms with Crippen molar-refractivity contribution in [3.8, 4) is 0 Å². The Bertz CT molecular complexity index is 191. The predicted molar refractivity (Wildman–Crippen MR) is 86.7 cm³/mol. The van der Waals surface area contributed by atoms with Crippen LogP contribution in [0, 0.1) is 17.8 Å². The fourth-order valence-corrected chi connectivity index (χ4v) is 5.47. The molecule has 0 N–H and O–H groups in total. The minimum Gasteiger partial charge on any atom is -0.373 e. The van der Waals surface area contributed by atoms with E-state index in [2.05, 4.69) is 57.5 Å². The Morgan fingerprint density at radius 3 is 1.26 bits per heavy atom. The molecule has 3 nitrogen and oxygen atoms in total. The molecule has 0 spiro atoms. The van der Waals surface area contributed by atoms with Crippen LogP contribution in [0.2, 0.25) is 6.04 Å². The summed E-state index contributed by atoms with van der Waals surface area (Å²) in [7, 11) is -2.53. The number of halogens is 1. The summed E-state index contributed by atoms with van der Waals surface area (Å²) in [5.74, 6) is 1.48. The minimum atomic E-state index is -2.53. The van der Waals surface area contributed by atoms with Crippen molar-refractivity contribution in [2.24, 2.45) is 17.8 Å². The van der Waals surface area contributed by atoms with Crippen LogP contribution >= 0.6 is 15.9 Å². The van der Waals surface area contributed by atoms with Gasteiger partial charge in [0, 0.05) is 31.2 Å². The van der Waals surface area contributed by atoms with Gasteiger partial charge in [-0.15, -0.1) is 0 Å². The summed E-state index contributed by atoms with van der Waals surface area (Å²) in [6.07, 6.45) is 0. The van der Waals surface area contributed by atoms with E-state index in [0.717, 1.165) is 11.4 Å². The number of alkyl halides is 1. The fraction of sp³-hybridized carbons (Fsp3) is 1.00. The molecule has 0 aliphatic heterocycles. The van der Waals surface area contributed by atoms with E-state index in [-0.39, 0.29) is 0 Å². The van der Waals surface area contributed by atoms with E-state index in [9.17, 15) is 0 Å². The maximum atomic E-state index is 6.10. The van der Waals surface area contributed by atoms with Gasteiger partial charge in [-0.2, -0.15) is 0 Å². The third kappa shape index (κ3) is 10.0. The van der Waals surface area contributed by atoms with Gasteiger partial charge in [-0.1, -0.05) is 57.5 Å². The smallest absolute Gasteiger partial charge is 0.373 e. The molecular weight excluding hydrogens is 324 g/mol. The summed E-state index contributed by atoms with van der Waals surface area (Å²) in [6.45, 7) is 15.0. The normalized spacial score (nSPS) is 12.9. The van der Waals surface area contributed by atoms with Gasteiger partial charge in [0.2, 0.25) is 0 Å². The minimum absolute atomic E-state index is 0.493. The van der Waals surface area contributed by atoms with Crippen LogP contribution in [0.1, 0.15) is 41.5 Å². The lowest BCUT2D eigenvalue weighted by Crippen LogP contribution is -2.48. The third-order valence-electron chi connectivity index (χ3n) is 2.31. The van der Waals surface area contributed by atoms with Crippen LogP contribution in [0.25, 0.3) is 0 Å². The van der Waals surface area contributed by atoms with Crippen LogP contribution < -0.4 is 0 Å².